The van der Waals surface area contributed by atoms with Crippen LogP contribution in [0.1, 0.15) is 19.8 Å². The van der Waals surface area contributed by atoms with Gasteiger partial charge in [0.05, 0.1) is 11.9 Å². The number of nitrogens with zero attached hydrogens (tertiary/aromatic N) is 3. The SMILES string of the molecule is CCS(=O)(=O)N1CCC(Oc2cnccn2)CC1. The number of piperidine rings is 1. The van der Waals surface area contributed by atoms with E-state index < -0.39 is 10.0 Å². The number of sulfonamides is 1. The maximum absolute atomic E-state index is 11.7. The van der Waals surface area contributed by atoms with Crippen LogP contribution in [0.3, 0.4) is 0 Å². The van der Waals surface area contributed by atoms with Crippen LogP contribution < -0.4 is 4.74 Å². The zero-order valence-electron chi connectivity index (χ0n) is 10.3. The van der Waals surface area contributed by atoms with Crippen molar-refractivity contribution in [2.45, 2.75) is 25.9 Å². The lowest BCUT2D eigenvalue weighted by atomic mass is 10.1. The van der Waals surface area contributed by atoms with E-state index in [-0.39, 0.29) is 11.9 Å². The van der Waals surface area contributed by atoms with E-state index in [0.29, 0.717) is 31.8 Å². The fraction of sp³-hybridized carbons (Fsp3) is 0.636. The lowest BCUT2D eigenvalue weighted by Gasteiger charge is -2.30. The van der Waals surface area contributed by atoms with Crippen LogP contribution in [0.25, 0.3) is 0 Å². The number of hydrogen-bond acceptors (Lipinski definition) is 5. The number of aromatic nitrogens is 2. The van der Waals surface area contributed by atoms with E-state index in [9.17, 15) is 8.42 Å². The standard InChI is InChI=1S/C11H17N3O3S/c1-2-18(15,16)14-7-3-10(4-8-14)17-11-9-12-5-6-13-11/h5-6,9-10H,2-4,7-8H2,1H3. The van der Waals surface area contributed by atoms with Gasteiger partial charge in [0.15, 0.2) is 0 Å². The van der Waals surface area contributed by atoms with Gasteiger partial charge in [-0.05, 0) is 19.8 Å². The largest absolute Gasteiger partial charge is 0.473 e. The molecule has 0 unspecified atom stereocenters. The lowest BCUT2D eigenvalue weighted by molar-refractivity contribution is 0.129. The van der Waals surface area contributed by atoms with E-state index in [0.717, 1.165) is 0 Å². The van der Waals surface area contributed by atoms with Gasteiger partial charge in [0.2, 0.25) is 15.9 Å². The molecule has 0 bridgehead atoms. The van der Waals surface area contributed by atoms with Crippen LogP contribution in [0.4, 0.5) is 0 Å². The second-order valence-corrected chi connectivity index (χ2v) is 6.42. The van der Waals surface area contributed by atoms with Gasteiger partial charge in [0, 0.05) is 25.5 Å². The van der Waals surface area contributed by atoms with Crippen LogP contribution in [0, 0.1) is 0 Å². The summed E-state index contributed by atoms with van der Waals surface area (Å²) in [5.41, 5.74) is 0. The normalized spacial score (nSPS) is 18.7. The summed E-state index contributed by atoms with van der Waals surface area (Å²) in [6.45, 7) is 2.69. The number of hydrogen-bond donors (Lipinski definition) is 0. The van der Waals surface area contributed by atoms with Crippen molar-refractivity contribution in [1.29, 1.82) is 0 Å². The highest BCUT2D eigenvalue weighted by Gasteiger charge is 2.27. The molecule has 1 aliphatic rings. The monoisotopic (exact) mass is 271 g/mol. The summed E-state index contributed by atoms with van der Waals surface area (Å²) in [6, 6.07) is 0. The summed E-state index contributed by atoms with van der Waals surface area (Å²) in [5, 5.41) is 0. The minimum Gasteiger partial charge on any atom is -0.473 e. The van der Waals surface area contributed by atoms with Crippen molar-refractivity contribution in [2.75, 3.05) is 18.8 Å². The van der Waals surface area contributed by atoms with Crippen LogP contribution in [0.2, 0.25) is 0 Å². The molecule has 6 nitrogen and oxygen atoms in total. The van der Waals surface area contributed by atoms with Crippen LogP contribution in [-0.2, 0) is 10.0 Å². The molecule has 0 radical (unpaired) electrons. The molecule has 2 rings (SSSR count). The van der Waals surface area contributed by atoms with Crippen molar-refractivity contribution in [3.05, 3.63) is 18.6 Å². The number of ether oxygens (including phenoxy) is 1. The average Bonchev–Trinajstić information content (AvgIpc) is 2.40. The molecule has 0 spiro atoms. The van der Waals surface area contributed by atoms with Gasteiger partial charge in [-0.15, -0.1) is 0 Å². The summed E-state index contributed by atoms with van der Waals surface area (Å²) in [7, 11) is -3.07. The molecule has 1 saturated heterocycles. The molecule has 100 valence electrons. The van der Waals surface area contributed by atoms with Crippen LogP contribution in [0.15, 0.2) is 18.6 Å². The summed E-state index contributed by atoms with van der Waals surface area (Å²) in [5.74, 6) is 0.650. The Labute approximate surface area is 107 Å². The van der Waals surface area contributed by atoms with E-state index in [1.165, 1.54) is 4.31 Å². The van der Waals surface area contributed by atoms with Crippen LogP contribution in [-0.4, -0.2) is 47.6 Å². The van der Waals surface area contributed by atoms with Gasteiger partial charge < -0.3 is 4.74 Å². The second kappa shape index (κ2) is 5.62. The first-order chi connectivity index (χ1) is 8.62. The van der Waals surface area contributed by atoms with Crippen molar-refractivity contribution in [3.63, 3.8) is 0 Å². The molecular formula is C11H17N3O3S. The predicted molar refractivity (Wildman–Crippen MR) is 66.7 cm³/mol. The van der Waals surface area contributed by atoms with Crippen LogP contribution >= 0.6 is 0 Å². The molecule has 0 N–H and O–H groups in total. The highest BCUT2D eigenvalue weighted by molar-refractivity contribution is 7.89. The van der Waals surface area contributed by atoms with Gasteiger partial charge >= 0.3 is 0 Å². The third-order valence-corrected chi connectivity index (χ3v) is 4.87. The Morgan fingerprint density at radius 2 is 2.11 bits per heavy atom. The Kier molecular flexibility index (Phi) is 4.13. The van der Waals surface area contributed by atoms with Gasteiger partial charge in [-0.3, -0.25) is 4.98 Å². The molecule has 0 amide bonds. The fourth-order valence-corrected chi connectivity index (χ4v) is 3.06. The zero-order valence-corrected chi connectivity index (χ0v) is 11.1. The van der Waals surface area contributed by atoms with Crippen molar-refractivity contribution in [2.24, 2.45) is 0 Å². The Morgan fingerprint density at radius 1 is 1.39 bits per heavy atom. The molecule has 0 saturated carbocycles. The van der Waals surface area contributed by atoms with E-state index in [4.69, 9.17) is 4.74 Å². The fourth-order valence-electron chi connectivity index (χ4n) is 1.93. The maximum Gasteiger partial charge on any atom is 0.232 e. The Hall–Kier alpha value is -1.21. The quantitative estimate of drug-likeness (QED) is 0.804. The van der Waals surface area contributed by atoms with Crippen molar-refractivity contribution in [1.82, 2.24) is 14.3 Å². The summed E-state index contributed by atoms with van der Waals surface area (Å²) >= 11 is 0. The molecule has 18 heavy (non-hydrogen) atoms. The van der Waals surface area contributed by atoms with E-state index in [1.54, 1.807) is 25.5 Å². The smallest absolute Gasteiger partial charge is 0.232 e. The van der Waals surface area contributed by atoms with Gasteiger partial charge in [-0.1, -0.05) is 0 Å². The molecule has 2 heterocycles. The molecule has 1 fully saturated rings. The molecule has 7 heteroatoms. The van der Waals surface area contributed by atoms with Crippen LogP contribution in [0.5, 0.6) is 5.88 Å². The predicted octanol–water partition coefficient (Wildman–Crippen LogP) is 0.669. The zero-order chi connectivity index (χ0) is 13.0. The highest BCUT2D eigenvalue weighted by atomic mass is 32.2. The topological polar surface area (TPSA) is 72.4 Å². The molecular weight excluding hydrogens is 254 g/mol. The highest BCUT2D eigenvalue weighted by Crippen LogP contribution is 2.18. The molecule has 0 aliphatic carbocycles. The van der Waals surface area contributed by atoms with Crippen molar-refractivity contribution in [3.8, 4) is 5.88 Å². The Morgan fingerprint density at radius 3 is 2.67 bits per heavy atom. The van der Waals surface area contributed by atoms with Gasteiger partial charge in [0.25, 0.3) is 0 Å². The van der Waals surface area contributed by atoms with E-state index in [1.807, 2.05) is 0 Å². The first kappa shape index (κ1) is 13.2. The van der Waals surface area contributed by atoms with Gasteiger partial charge in [0.1, 0.15) is 6.10 Å². The lowest BCUT2D eigenvalue weighted by Crippen LogP contribution is -2.42. The Balaban J connectivity index is 1.88. The van der Waals surface area contributed by atoms with Gasteiger partial charge in [-0.25, -0.2) is 17.7 Å². The summed E-state index contributed by atoms with van der Waals surface area (Å²) < 4.78 is 30.6. The summed E-state index contributed by atoms with van der Waals surface area (Å²) in [6.07, 6.45) is 6.13. The maximum atomic E-state index is 11.7. The van der Waals surface area contributed by atoms with E-state index >= 15 is 0 Å². The van der Waals surface area contributed by atoms with E-state index in [2.05, 4.69) is 9.97 Å². The summed E-state index contributed by atoms with van der Waals surface area (Å²) in [4.78, 5) is 7.96. The Bertz CT molecular complexity index is 470. The van der Waals surface area contributed by atoms with Gasteiger partial charge in [-0.2, -0.15) is 0 Å². The first-order valence-electron chi connectivity index (χ1n) is 6.02. The average molecular weight is 271 g/mol. The molecule has 1 aromatic heterocycles. The van der Waals surface area contributed by atoms with Crippen molar-refractivity contribution < 1.29 is 13.2 Å². The molecule has 1 aromatic rings. The third kappa shape index (κ3) is 3.17. The van der Waals surface area contributed by atoms with Crippen molar-refractivity contribution >= 4 is 10.0 Å². The second-order valence-electron chi connectivity index (χ2n) is 4.16. The minimum atomic E-state index is -3.07. The molecule has 0 atom stereocenters. The third-order valence-electron chi connectivity index (χ3n) is 2.99. The first-order valence-corrected chi connectivity index (χ1v) is 7.63. The number of rotatable bonds is 4. The minimum absolute atomic E-state index is 0.0185. The molecule has 1 aliphatic heterocycles. The molecule has 0 aromatic carbocycles.